The Morgan fingerprint density at radius 3 is 2.38 bits per heavy atom. The first-order valence-corrected chi connectivity index (χ1v) is 9.13. The number of aliphatic hydroxyl groups is 1. The molecule has 0 amide bonds. The molecule has 3 rings (SSSR count). The molecule has 5 nitrogen and oxygen atoms in total. The third-order valence-corrected chi connectivity index (χ3v) is 4.73. The topological polar surface area (TPSA) is 45.2 Å². The molecule has 1 unspecified atom stereocenters. The minimum atomic E-state index is -0.492. The summed E-state index contributed by atoms with van der Waals surface area (Å²) in [5.41, 5.74) is 2.34. The largest absolute Gasteiger partial charge is 0.495 e. The molecule has 0 saturated carbocycles. The van der Waals surface area contributed by atoms with Gasteiger partial charge in [-0.3, -0.25) is 4.90 Å². The van der Waals surface area contributed by atoms with Crippen LogP contribution in [0.15, 0.2) is 48.5 Å². The summed E-state index contributed by atoms with van der Waals surface area (Å²) in [7, 11) is 1.71. The van der Waals surface area contributed by atoms with E-state index in [-0.39, 0.29) is 0 Å². The van der Waals surface area contributed by atoms with Crippen LogP contribution in [-0.2, 0) is 0 Å². The molecule has 0 aromatic heterocycles. The third kappa shape index (κ3) is 4.90. The van der Waals surface area contributed by atoms with Crippen molar-refractivity contribution in [3.8, 4) is 11.5 Å². The first kappa shape index (κ1) is 18.5. The predicted molar refractivity (Wildman–Crippen MR) is 104 cm³/mol. The van der Waals surface area contributed by atoms with Gasteiger partial charge in [0, 0.05) is 32.7 Å². The van der Waals surface area contributed by atoms with E-state index in [0.29, 0.717) is 13.2 Å². The maximum atomic E-state index is 10.3. The maximum Gasteiger partial charge on any atom is 0.142 e. The number of β-amino-alcohol motifs (C(OH)–C–C–N with tert-alkyl or cyclic N) is 1. The number of para-hydroxylation sites is 2. The van der Waals surface area contributed by atoms with Crippen molar-refractivity contribution >= 4 is 5.69 Å². The highest BCUT2D eigenvalue weighted by molar-refractivity contribution is 5.58. The Bertz CT molecular complexity index is 682. The van der Waals surface area contributed by atoms with Crippen molar-refractivity contribution in [3.63, 3.8) is 0 Å². The van der Waals surface area contributed by atoms with Crippen LogP contribution in [-0.4, -0.2) is 62.6 Å². The second kappa shape index (κ2) is 8.92. The summed E-state index contributed by atoms with van der Waals surface area (Å²) < 4.78 is 11.1. The Kier molecular flexibility index (Phi) is 6.36. The number of benzene rings is 2. The highest BCUT2D eigenvalue weighted by atomic mass is 16.5. The number of nitrogens with zero attached hydrogens (tertiary/aromatic N) is 2. The van der Waals surface area contributed by atoms with Crippen molar-refractivity contribution in [2.75, 3.05) is 51.3 Å². The van der Waals surface area contributed by atoms with Crippen molar-refractivity contribution in [3.05, 3.63) is 54.1 Å². The molecule has 140 valence electrons. The number of rotatable bonds is 7. The second-order valence-corrected chi connectivity index (χ2v) is 6.74. The third-order valence-electron chi connectivity index (χ3n) is 4.73. The smallest absolute Gasteiger partial charge is 0.142 e. The second-order valence-electron chi connectivity index (χ2n) is 6.74. The van der Waals surface area contributed by atoms with E-state index in [0.717, 1.165) is 43.4 Å². The minimum absolute atomic E-state index is 0.315. The van der Waals surface area contributed by atoms with Crippen LogP contribution in [0.4, 0.5) is 5.69 Å². The standard InChI is InChI=1S/C21H28N2O3/c1-17-7-9-19(10-8-17)26-16-18(24)15-22-11-13-23(14-12-22)20-5-3-4-6-21(20)25-2/h3-10,18,24H,11-16H2,1-2H3. The Hall–Kier alpha value is -2.24. The average Bonchev–Trinajstić information content (AvgIpc) is 2.68. The maximum absolute atomic E-state index is 10.3. The monoisotopic (exact) mass is 356 g/mol. The highest BCUT2D eigenvalue weighted by Gasteiger charge is 2.21. The lowest BCUT2D eigenvalue weighted by atomic mass is 10.2. The van der Waals surface area contributed by atoms with E-state index in [1.807, 2.05) is 49.4 Å². The molecular weight excluding hydrogens is 328 g/mol. The van der Waals surface area contributed by atoms with E-state index in [1.165, 1.54) is 5.56 Å². The number of aliphatic hydroxyl groups excluding tert-OH is 1. The van der Waals surface area contributed by atoms with Gasteiger partial charge >= 0.3 is 0 Å². The van der Waals surface area contributed by atoms with Crippen LogP contribution in [0, 0.1) is 6.92 Å². The number of aryl methyl sites for hydroxylation is 1. The van der Waals surface area contributed by atoms with Gasteiger partial charge in [0.25, 0.3) is 0 Å². The van der Waals surface area contributed by atoms with E-state index in [1.54, 1.807) is 7.11 Å². The molecule has 1 saturated heterocycles. The molecule has 0 spiro atoms. The van der Waals surface area contributed by atoms with Crippen molar-refractivity contribution in [2.45, 2.75) is 13.0 Å². The lowest BCUT2D eigenvalue weighted by Gasteiger charge is -2.37. The summed E-state index contributed by atoms with van der Waals surface area (Å²) >= 11 is 0. The van der Waals surface area contributed by atoms with Gasteiger partial charge in [-0.2, -0.15) is 0 Å². The summed E-state index contributed by atoms with van der Waals surface area (Å²) in [4.78, 5) is 4.62. The zero-order valence-electron chi connectivity index (χ0n) is 15.6. The predicted octanol–water partition coefficient (Wildman–Crippen LogP) is 2.57. The van der Waals surface area contributed by atoms with Gasteiger partial charge in [0.15, 0.2) is 0 Å². The van der Waals surface area contributed by atoms with Crippen LogP contribution >= 0.6 is 0 Å². The zero-order chi connectivity index (χ0) is 18.4. The van der Waals surface area contributed by atoms with E-state index in [9.17, 15) is 5.11 Å². The normalized spacial score (nSPS) is 16.3. The van der Waals surface area contributed by atoms with E-state index < -0.39 is 6.10 Å². The van der Waals surface area contributed by atoms with Crippen molar-refractivity contribution < 1.29 is 14.6 Å². The fourth-order valence-corrected chi connectivity index (χ4v) is 3.24. The fourth-order valence-electron chi connectivity index (χ4n) is 3.24. The lowest BCUT2D eigenvalue weighted by Crippen LogP contribution is -2.49. The Morgan fingerprint density at radius 2 is 1.69 bits per heavy atom. The number of piperazine rings is 1. The molecule has 0 aliphatic carbocycles. The van der Waals surface area contributed by atoms with Gasteiger partial charge in [-0.25, -0.2) is 0 Å². The summed E-state index contributed by atoms with van der Waals surface area (Å²) in [6.07, 6.45) is -0.492. The molecule has 26 heavy (non-hydrogen) atoms. The number of hydrogen-bond acceptors (Lipinski definition) is 5. The first-order chi connectivity index (χ1) is 12.7. The Morgan fingerprint density at radius 1 is 1.00 bits per heavy atom. The van der Waals surface area contributed by atoms with E-state index in [4.69, 9.17) is 9.47 Å². The average molecular weight is 356 g/mol. The van der Waals surface area contributed by atoms with Crippen LogP contribution in [0.1, 0.15) is 5.56 Å². The van der Waals surface area contributed by atoms with Crippen molar-refractivity contribution in [2.24, 2.45) is 0 Å². The van der Waals surface area contributed by atoms with Gasteiger partial charge < -0.3 is 19.5 Å². The van der Waals surface area contributed by atoms with Gasteiger partial charge in [0.1, 0.15) is 24.2 Å². The Balaban J connectivity index is 1.44. The molecule has 1 aliphatic rings. The number of methoxy groups -OCH3 is 1. The summed E-state index contributed by atoms with van der Waals surface area (Å²) in [6.45, 7) is 6.67. The molecule has 0 bridgehead atoms. The molecule has 1 fully saturated rings. The molecule has 1 heterocycles. The highest BCUT2D eigenvalue weighted by Crippen LogP contribution is 2.28. The number of hydrogen-bond donors (Lipinski definition) is 1. The molecule has 2 aromatic rings. The SMILES string of the molecule is COc1ccccc1N1CCN(CC(O)COc2ccc(C)cc2)CC1. The Labute approximate surface area is 155 Å². The lowest BCUT2D eigenvalue weighted by molar-refractivity contribution is 0.0663. The van der Waals surface area contributed by atoms with E-state index in [2.05, 4.69) is 15.9 Å². The van der Waals surface area contributed by atoms with Crippen LogP contribution in [0.25, 0.3) is 0 Å². The quantitative estimate of drug-likeness (QED) is 0.826. The molecule has 0 radical (unpaired) electrons. The molecular formula is C21H28N2O3. The van der Waals surface area contributed by atoms with Crippen LogP contribution in [0.5, 0.6) is 11.5 Å². The summed E-state index contributed by atoms with van der Waals surface area (Å²) in [5, 5.41) is 10.3. The molecule has 5 heteroatoms. The molecule has 1 N–H and O–H groups in total. The van der Waals surface area contributed by atoms with E-state index >= 15 is 0 Å². The van der Waals surface area contributed by atoms with Crippen molar-refractivity contribution in [1.29, 1.82) is 0 Å². The minimum Gasteiger partial charge on any atom is -0.495 e. The fraction of sp³-hybridized carbons (Fsp3) is 0.429. The molecule has 1 atom stereocenters. The summed E-state index contributed by atoms with van der Waals surface area (Å²) in [5.74, 6) is 1.71. The van der Waals surface area contributed by atoms with Gasteiger partial charge in [-0.05, 0) is 31.2 Å². The number of ether oxygens (including phenoxy) is 2. The van der Waals surface area contributed by atoms with Crippen LogP contribution in [0.2, 0.25) is 0 Å². The molecule has 2 aromatic carbocycles. The van der Waals surface area contributed by atoms with Gasteiger partial charge in [0.2, 0.25) is 0 Å². The first-order valence-electron chi connectivity index (χ1n) is 9.13. The van der Waals surface area contributed by atoms with Crippen LogP contribution < -0.4 is 14.4 Å². The van der Waals surface area contributed by atoms with Crippen molar-refractivity contribution in [1.82, 2.24) is 4.90 Å². The zero-order valence-corrected chi connectivity index (χ0v) is 15.6. The van der Waals surface area contributed by atoms with Gasteiger partial charge in [0.05, 0.1) is 12.8 Å². The molecule has 1 aliphatic heterocycles. The van der Waals surface area contributed by atoms with Crippen LogP contribution in [0.3, 0.4) is 0 Å². The van der Waals surface area contributed by atoms with Gasteiger partial charge in [-0.1, -0.05) is 29.8 Å². The summed E-state index contributed by atoms with van der Waals surface area (Å²) in [6, 6.07) is 16.0. The number of anilines is 1. The van der Waals surface area contributed by atoms with Gasteiger partial charge in [-0.15, -0.1) is 0 Å².